The molecular formula is C11H21N5O. The Morgan fingerprint density at radius 1 is 1.59 bits per heavy atom. The lowest BCUT2D eigenvalue weighted by Crippen LogP contribution is -2.44. The largest absolute Gasteiger partial charge is 0.383 e. The molecule has 6 heteroatoms. The summed E-state index contributed by atoms with van der Waals surface area (Å²) >= 11 is 0. The van der Waals surface area contributed by atoms with Crippen LogP contribution in [0, 0.1) is 0 Å². The number of nitrogens with one attached hydrogen (secondary N) is 2. The van der Waals surface area contributed by atoms with Crippen molar-refractivity contribution in [3.63, 3.8) is 0 Å². The molecule has 0 spiro atoms. The Kier molecular flexibility index (Phi) is 6.09. The molecule has 0 saturated heterocycles. The number of aromatic nitrogens is 2. The zero-order valence-corrected chi connectivity index (χ0v) is 10.7. The number of aliphatic imine (C=N–C) groups is 1. The normalized spacial score (nSPS) is 13.5. The number of guanidine groups is 1. The first kappa shape index (κ1) is 13.5. The molecule has 0 fully saturated rings. The number of imidazole rings is 1. The molecular weight excluding hydrogens is 218 g/mol. The summed E-state index contributed by atoms with van der Waals surface area (Å²) in [6.07, 6.45) is 5.50. The smallest absolute Gasteiger partial charge is 0.191 e. The van der Waals surface area contributed by atoms with Crippen molar-refractivity contribution in [1.29, 1.82) is 0 Å². The van der Waals surface area contributed by atoms with Crippen LogP contribution in [-0.4, -0.2) is 48.9 Å². The van der Waals surface area contributed by atoms with Crippen LogP contribution >= 0.6 is 0 Å². The number of nitrogens with zero attached hydrogens (tertiary/aromatic N) is 3. The second kappa shape index (κ2) is 7.67. The average Bonchev–Trinajstić information content (AvgIpc) is 2.81. The quantitative estimate of drug-likeness (QED) is 0.545. The minimum absolute atomic E-state index is 0.236. The van der Waals surface area contributed by atoms with Crippen LogP contribution in [0.4, 0.5) is 0 Å². The van der Waals surface area contributed by atoms with Crippen LogP contribution in [0.15, 0.2) is 23.7 Å². The maximum Gasteiger partial charge on any atom is 0.191 e. The van der Waals surface area contributed by atoms with E-state index in [2.05, 4.69) is 20.6 Å². The molecule has 2 N–H and O–H groups in total. The van der Waals surface area contributed by atoms with Gasteiger partial charge in [0.25, 0.3) is 0 Å². The van der Waals surface area contributed by atoms with E-state index in [4.69, 9.17) is 4.74 Å². The number of rotatable bonds is 6. The molecule has 1 unspecified atom stereocenters. The van der Waals surface area contributed by atoms with Gasteiger partial charge in [0.1, 0.15) is 0 Å². The summed E-state index contributed by atoms with van der Waals surface area (Å²) in [5.74, 6) is 0.787. The van der Waals surface area contributed by atoms with Gasteiger partial charge in [0, 0.05) is 45.7 Å². The lowest BCUT2D eigenvalue weighted by atomic mass is 10.4. The third-order valence-corrected chi connectivity index (χ3v) is 2.25. The predicted molar refractivity (Wildman–Crippen MR) is 68.1 cm³/mol. The highest BCUT2D eigenvalue weighted by atomic mass is 16.5. The first-order valence-corrected chi connectivity index (χ1v) is 5.68. The van der Waals surface area contributed by atoms with Crippen molar-refractivity contribution in [2.75, 3.05) is 27.3 Å². The van der Waals surface area contributed by atoms with E-state index in [9.17, 15) is 0 Å². The van der Waals surface area contributed by atoms with Crippen LogP contribution < -0.4 is 10.6 Å². The van der Waals surface area contributed by atoms with Crippen molar-refractivity contribution in [2.45, 2.75) is 19.5 Å². The molecule has 0 aliphatic carbocycles. The summed E-state index contributed by atoms with van der Waals surface area (Å²) in [7, 11) is 3.44. The van der Waals surface area contributed by atoms with Gasteiger partial charge < -0.3 is 19.9 Å². The van der Waals surface area contributed by atoms with Crippen LogP contribution in [0.5, 0.6) is 0 Å². The number of methoxy groups -OCH3 is 1. The Morgan fingerprint density at radius 3 is 3.00 bits per heavy atom. The second-order valence-electron chi connectivity index (χ2n) is 3.80. The summed E-state index contributed by atoms with van der Waals surface area (Å²) in [6, 6.07) is 0.236. The molecule has 0 aliphatic heterocycles. The van der Waals surface area contributed by atoms with Gasteiger partial charge in [0.05, 0.1) is 12.9 Å². The van der Waals surface area contributed by atoms with E-state index in [1.54, 1.807) is 26.7 Å². The molecule has 1 aromatic rings. The Morgan fingerprint density at radius 2 is 2.41 bits per heavy atom. The van der Waals surface area contributed by atoms with E-state index in [1.807, 2.05) is 17.7 Å². The number of ether oxygens (including phenoxy) is 1. The second-order valence-corrected chi connectivity index (χ2v) is 3.80. The minimum atomic E-state index is 0.236. The van der Waals surface area contributed by atoms with Crippen LogP contribution in [0.25, 0.3) is 0 Å². The Hall–Kier alpha value is -1.56. The Bertz CT molecular complexity index is 323. The van der Waals surface area contributed by atoms with Crippen molar-refractivity contribution in [3.8, 4) is 0 Å². The third-order valence-electron chi connectivity index (χ3n) is 2.25. The van der Waals surface area contributed by atoms with Gasteiger partial charge in [-0.1, -0.05) is 0 Å². The zero-order chi connectivity index (χ0) is 12.5. The van der Waals surface area contributed by atoms with E-state index >= 15 is 0 Å². The van der Waals surface area contributed by atoms with Gasteiger partial charge in [-0.25, -0.2) is 4.98 Å². The van der Waals surface area contributed by atoms with Gasteiger partial charge in [-0.15, -0.1) is 0 Å². The topological polar surface area (TPSA) is 63.5 Å². The van der Waals surface area contributed by atoms with E-state index in [0.717, 1.165) is 19.0 Å². The molecule has 1 rings (SSSR count). The van der Waals surface area contributed by atoms with Crippen molar-refractivity contribution >= 4 is 5.96 Å². The highest BCUT2D eigenvalue weighted by Crippen LogP contribution is 1.85. The van der Waals surface area contributed by atoms with E-state index in [1.165, 1.54) is 0 Å². The molecule has 17 heavy (non-hydrogen) atoms. The fourth-order valence-electron chi connectivity index (χ4n) is 1.44. The van der Waals surface area contributed by atoms with Gasteiger partial charge in [0.15, 0.2) is 5.96 Å². The average molecular weight is 239 g/mol. The standard InChI is InChI=1S/C11H21N5O/c1-10(8-17-3)15-11(12-2)14-5-7-16-6-4-13-9-16/h4,6,9-10H,5,7-8H2,1-3H3,(H2,12,14,15). The van der Waals surface area contributed by atoms with Crippen LogP contribution in [0.1, 0.15) is 6.92 Å². The van der Waals surface area contributed by atoms with E-state index < -0.39 is 0 Å². The van der Waals surface area contributed by atoms with Gasteiger partial charge in [-0.05, 0) is 6.92 Å². The van der Waals surface area contributed by atoms with Crippen LogP contribution in [-0.2, 0) is 11.3 Å². The lowest BCUT2D eigenvalue weighted by Gasteiger charge is -2.17. The summed E-state index contributed by atoms with van der Waals surface area (Å²) in [5.41, 5.74) is 0. The summed E-state index contributed by atoms with van der Waals surface area (Å²) in [6.45, 7) is 4.36. The summed E-state index contributed by atoms with van der Waals surface area (Å²) in [4.78, 5) is 8.13. The first-order valence-electron chi connectivity index (χ1n) is 5.68. The molecule has 0 bridgehead atoms. The molecule has 0 aromatic carbocycles. The molecule has 0 radical (unpaired) electrons. The first-order chi connectivity index (χ1) is 8.26. The molecule has 1 aromatic heterocycles. The van der Waals surface area contributed by atoms with Gasteiger partial charge >= 0.3 is 0 Å². The highest BCUT2D eigenvalue weighted by Gasteiger charge is 2.03. The van der Waals surface area contributed by atoms with E-state index in [-0.39, 0.29) is 6.04 Å². The maximum atomic E-state index is 5.05. The van der Waals surface area contributed by atoms with Crippen molar-refractivity contribution in [2.24, 2.45) is 4.99 Å². The highest BCUT2D eigenvalue weighted by molar-refractivity contribution is 5.79. The third kappa shape index (κ3) is 5.35. The summed E-state index contributed by atoms with van der Waals surface area (Å²) < 4.78 is 7.07. The van der Waals surface area contributed by atoms with Gasteiger partial charge in [-0.3, -0.25) is 4.99 Å². The van der Waals surface area contributed by atoms with Crippen molar-refractivity contribution in [3.05, 3.63) is 18.7 Å². The molecule has 0 amide bonds. The molecule has 6 nitrogen and oxygen atoms in total. The monoisotopic (exact) mass is 239 g/mol. The SMILES string of the molecule is CN=C(NCCn1ccnc1)NC(C)COC. The fraction of sp³-hybridized carbons (Fsp3) is 0.636. The van der Waals surface area contributed by atoms with Gasteiger partial charge in [-0.2, -0.15) is 0 Å². The lowest BCUT2D eigenvalue weighted by molar-refractivity contribution is 0.179. The predicted octanol–water partition coefficient (Wildman–Crippen LogP) is 0.0830. The van der Waals surface area contributed by atoms with Gasteiger partial charge in [0.2, 0.25) is 0 Å². The Labute approximate surface area is 102 Å². The van der Waals surface area contributed by atoms with E-state index in [0.29, 0.717) is 6.61 Å². The fourth-order valence-corrected chi connectivity index (χ4v) is 1.44. The molecule has 0 saturated carbocycles. The zero-order valence-electron chi connectivity index (χ0n) is 10.7. The molecule has 96 valence electrons. The number of hydrogen-bond acceptors (Lipinski definition) is 3. The Balaban J connectivity index is 2.23. The van der Waals surface area contributed by atoms with Crippen LogP contribution in [0.2, 0.25) is 0 Å². The molecule has 1 heterocycles. The molecule has 1 atom stereocenters. The maximum absolute atomic E-state index is 5.05. The summed E-state index contributed by atoms with van der Waals surface area (Å²) in [5, 5.41) is 6.47. The molecule has 0 aliphatic rings. The van der Waals surface area contributed by atoms with Crippen molar-refractivity contribution in [1.82, 2.24) is 20.2 Å². The van der Waals surface area contributed by atoms with Crippen molar-refractivity contribution < 1.29 is 4.74 Å². The van der Waals surface area contributed by atoms with Crippen LogP contribution in [0.3, 0.4) is 0 Å². The number of hydrogen-bond donors (Lipinski definition) is 2. The minimum Gasteiger partial charge on any atom is -0.383 e.